The maximum absolute atomic E-state index is 14.9. The van der Waals surface area contributed by atoms with Crippen molar-refractivity contribution in [3.8, 4) is 11.5 Å². The second-order valence-electron chi connectivity index (χ2n) is 17.4. The SMILES string of the molecule is COCC1(S(=O)(=O)NC(=O)[C@@]23C[C@H]2/C=C\CCCCC[C@H](N(CC(C)C)C(=O)O)C(=O)N2C[C@@]4(CCc5c(c(C(F)(F)F)nc6ccc(OC)cc56)O4)C[C@H]2C(=O)N3)CC1. The third-order valence-corrected chi connectivity index (χ3v) is 14.7. The fourth-order valence-corrected chi connectivity index (χ4v) is 10.7. The number of methoxy groups -OCH3 is 2. The topological polar surface area (TPSA) is 194 Å². The molecule has 3 fully saturated rings. The fourth-order valence-electron chi connectivity index (χ4n) is 9.13. The van der Waals surface area contributed by atoms with Gasteiger partial charge < -0.3 is 29.5 Å². The molecule has 4 heterocycles. The quantitative estimate of drug-likeness (QED) is 0.289. The number of benzene rings is 1. The van der Waals surface area contributed by atoms with Gasteiger partial charge in [0.15, 0.2) is 11.4 Å². The number of halogens is 3. The van der Waals surface area contributed by atoms with E-state index in [1.165, 1.54) is 31.3 Å². The molecular formula is C41H52F3N5O10S. The van der Waals surface area contributed by atoms with E-state index in [1.54, 1.807) is 26.0 Å². The number of aromatic nitrogens is 1. The summed E-state index contributed by atoms with van der Waals surface area (Å²) in [5.74, 6) is -3.47. The van der Waals surface area contributed by atoms with E-state index in [4.69, 9.17) is 14.2 Å². The maximum Gasteiger partial charge on any atom is 0.437 e. The average molecular weight is 864 g/mol. The number of aryl methyl sites for hydroxylation is 1. The summed E-state index contributed by atoms with van der Waals surface area (Å²) in [6.07, 6.45) is 0.160. The van der Waals surface area contributed by atoms with Crippen LogP contribution in [-0.2, 0) is 41.7 Å². The molecule has 328 valence electrons. The standard InChI is InChI=1S/C41H52F3N5O10S/c1-24(2)21-48(37(53)54)30-11-9-7-5-6-8-10-25-19-40(25,36(52)47-60(55,56)39(16-17-39)23-57-3)46-34(50)31-20-38(22-49(31)35(30)51)15-14-27-28-18-26(58-4)12-13-29(28)45-33(32(27)59-38)41(42,43)44/h8,10,12-13,18,24-25,30-31H,5-7,9,11,14-17,19-23H2,1-4H3,(H,46,50)(H,47,52)(H,53,54)/b10-8-/t25-,30+,31+,38-,40-/m1/s1. The highest BCUT2D eigenvalue weighted by atomic mass is 32.2. The Kier molecular flexibility index (Phi) is 11.6. The summed E-state index contributed by atoms with van der Waals surface area (Å²) in [6, 6.07) is 1.81. The van der Waals surface area contributed by atoms with E-state index in [0.29, 0.717) is 36.8 Å². The van der Waals surface area contributed by atoms with Gasteiger partial charge in [-0.3, -0.25) is 24.0 Å². The molecule has 2 aromatic rings. The zero-order valence-electron chi connectivity index (χ0n) is 34.1. The Hall–Kier alpha value is -4.65. The van der Waals surface area contributed by atoms with Gasteiger partial charge in [-0.25, -0.2) is 18.2 Å². The lowest BCUT2D eigenvalue weighted by Crippen LogP contribution is -2.59. The number of nitrogens with zero attached hydrogens (tertiary/aromatic N) is 3. The van der Waals surface area contributed by atoms with E-state index < -0.39 is 85.3 Å². The Bertz CT molecular complexity index is 2200. The number of allylic oxidation sites excluding steroid dienone is 1. The van der Waals surface area contributed by atoms with Crippen molar-refractivity contribution >= 4 is 44.7 Å². The summed E-state index contributed by atoms with van der Waals surface area (Å²) in [4.78, 5) is 62.8. The van der Waals surface area contributed by atoms with Crippen molar-refractivity contribution in [3.63, 3.8) is 0 Å². The number of pyridine rings is 1. The lowest BCUT2D eigenvalue weighted by molar-refractivity contribution is -0.145. The number of amides is 4. The predicted octanol–water partition coefficient (Wildman–Crippen LogP) is 4.95. The molecule has 0 radical (unpaired) electrons. The first-order valence-corrected chi connectivity index (χ1v) is 21.9. The minimum absolute atomic E-state index is 0.00462. The van der Waals surface area contributed by atoms with Crippen LogP contribution in [0.5, 0.6) is 11.5 Å². The molecule has 5 aliphatic rings. The van der Waals surface area contributed by atoms with Crippen molar-refractivity contribution in [2.75, 3.05) is 33.9 Å². The van der Waals surface area contributed by atoms with E-state index >= 15 is 0 Å². The molecule has 3 aliphatic heterocycles. The number of fused-ring (bicyclic) bond motifs is 5. The smallest absolute Gasteiger partial charge is 0.437 e. The highest BCUT2D eigenvalue weighted by molar-refractivity contribution is 7.91. The summed E-state index contributed by atoms with van der Waals surface area (Å²) in [5, 5.41) is 13.6. The van der Waals surface area contributed by atoms with Gasteiger partial charge in [0, 0.05) is 36.9 Å². The Morgan fingerprint density at radius 2 is 1.88 bits per heavy atom. The van der Waals surface area contributed by atoms with E-state index in [0.717, 1.165) is 4.90 Å². The predicted molar refractivity (Wildman–Crippen MR) is 211 cm³/mol. The average Bonchev–Trinajstić information content (AvgIpc) is 4.09. The first-order valence-electron chi connectivity index (χ1n) is 20.4. The van der Waals surface area contributed by atoms with Crippen LogP contribution in [-0.4, -0.2) is 114 Å². The van der Waals surface area contributed by atoms with E-state index in [-0.39, 0.29) is 81.6 Å². The van der Waals surface area contributed by atoms with Crippen LogP contribution in [0.25, 0.3) is 10.9 Å². The van der Waals surface area contributed by atoms with E-state index in [9.17, 15) is 45.9 Å². The Balaban J connectivity index is 1.29. The molecule has 1 aromatic carbocycles. The van der Waals surface area contributed by atoms with Gasteiger partial charge >= 0.3 is 12.3 Å². The molecule has 0 unspecified atom stereocenters. The number of hydrogen-bond donors (Lipinski definition) is 3. The van der Waals surface area contributed by atoms with Crippen molar-refractivity contribution < 1.29 is 60.1 Å². The van der Waals surface area contributed by atoms with Gasteiger partial charge in [0.25, 0.3) is 5.91 Å². The van der Waals surface area contributed by atoms with Gasteiger partial charge in [-0.1, -0.05) is 38.8 Å². The monoisotopic (exact) mass is 863 g/mol. The van der Waals surface area contributed by atoms with Gasteiger partial charge in [0.05, 0.1) is 25.8 Å². The second kappa shape index (κ2) is 16.0. The van der Waals surface area contributed by atoms with Crippen LogP contribution >= 0.6 is 0 Å². The van der Waals surface area contributed by atoms with Gasteiger partial charge in [-0.2, -0.15) is 13.2 Å². The highest BCUT2D eigenvalue weighted by Crippen LogP contribution is 2.51. The molecular weight excluding hydrogens is 812 g/mol. The van der Waals surface area contributed by atoms with Crippen molar-refractivity contribution in [2.24, 2.45) is 11.8 Å². The normalized spacial score (nSPS) is 28.3. The van der Waals surface area contributed by atoms with Gasteiger partial charge in [0.2, 0.25) is 21.8 Å². The molecule has 1 aromatic heterocycles. The maximum atomic E-state index is 14.9. The van der Waals surface area contributed by atoms with Crippen molar-refractivity contribution in [1.29, 1.82) is 0 Å². The summed E-state index contributed by atoms with van der Waals surface area (Å²) in [6.45, 7) is 3.09. The third-order valence-electron chi connectivity index (χ3n) is 12.6. The number of rotatable bonds is 9. The van der Waals surface area contributed by atoms with Crippen LogP contribution in [0.1, 0.15) is 89.3 Å². The first-order chi connectivity index (χ1) is 28.3. The van der Waals surface area contributed by atoms with E-state index in [1.807, 2.05) is 6.08 Å². The molecule has 1 spiro atoms. The Morgan fingerprint density at radius 3 is 2.53 bits per heavy atom. The molecule has 4 amide bonds. The molecule has 7 rings (SSSR count). The molecule has 2 saturated carbocycles. The molecule has 5 atom stereocenters. The van der Waals surface area contributed by atoms with Crippen LogP contribution in [0.4, 0.5) is 18.0 Å². The minimum atomic E-state index is -4.95. The second-order valence-corrected chi connectivity index (χ2v) is 19.4. The van der Waals surface area contributed by atoms with Crippen LogP contribution in [0.15, 0.2) is 30.4 Å². The Morgan fingerprint density at radius 1 is 1.13 bits per heavy atom. The molecule has 2 aliphatic carbocycles. The number of alkyl halides is 3. The molecule has 1 saturated heterocycles. The number of carboxylic acid groups (broad SMARTS) is 1. The minimum Gasteiger partial charge on any atom is -0.497 e. The zero-order valence-corrected chi connectivity index (χ0v) is 34.9. The van der Waals surface area contributed by atoms with E-state index in [2.05, 4.69) is 15.0 Å². The summed E-state index contributed by atoms with van der Waals surface area (Å²) >= 11 is 0. The fraction of sp³-hybridized carbons (Fsp3) is 0.634. The molecule has 19 heteroatoms. The molecule has 60 heavy (non-hydrogen) atoms. The molecule has 15 nitrogen and oxygen atoms in total. The first kappa shape index (κ1) is 43.4. The number of carbonyl (C=O) groups is 4. The van der Waals surface area contributed by atoms with Gasteiger partial charge in [-0.05, 0) is 75.5 Å². The number of nitrogens with one attached hydrogen (secondary N) is 2. The van der Waals surface area contributed by atoms with Gasteiger partial charge in [-0.15, -0.1) is 0 Å². The van der Waals surface area contributed by atoms with Crippen LogP contribution in [0.2, 0.25) is 0 Å². The number of ether oxygens (including phenoxy) is 3. The summed E-state index contributed by atoms with van der Waals surface area (Å²) < 4.78 is 89.2. The zero-order chi connectivity index (χ0) is 43.4. The van der Waals surface area contributed by atoms with Crippen LogP contribution < -0.4 is 19.5 Å². The molecule has 3 N–H and O–H groups in total. The summed E-state index contributed by atoms with van der Waals surface area (Å²) in [7, 11) is -1.47. The molecule has 0 bridgehead atoms. The lowest BCUT2D eigenvalue weighted by atomic mass is 9.87. The third kappa shape index (κ3) is 8.10. The number of carbonyl (C=O) groups excluding carboxylic acids is 3. The van der Waals surface area contributed by atoms with Crippen molar-refractivity contribution in [3.05, 3.63) is 41.6 Å². The summed E-state index contributed by atoms with van der Waals surface area (Å²) in [5.41, 5.74) is -4.27. The van der Waals surface area contributed by atoms with Crippen molar-refractivity contribution in [2.45, 2.75) is 119 Å². The van der Waals surface area contributed by atoms with Gasteiger partial charge in [0.1, 0.15) is 33.7 Å². The Labute approximate surface area is 346 Å². The number of sulfonamides is 1. The lowest BCUT2D eigenvalue weighted by Gasteiger charge is -2.38. The largest absolute Gasteiger partial charge is 0.497 e. The highest BCUT2D eigenvalue weighted by Gasteiger charge is 2.65. The van der Waals surface area contributed by atoms with Crippen molar-refractivity contribution in [1.82, 2.24) is 24.8 Å². The van der Waals surface area contributed by atoms with Crippen LogP contribution in [0.3, 0.4) is 0 Å². The van der Waals surface area contributed by atoms with Crippen LogP contribution in [0, 0.1) is 11.8 Å². The number of hydrogen-bond acceptors (Lipinski definition) is 10.